The summed E-state index contributed by atoms with van der Waals surface area (Å²) in [6.07, 6.45) is 3.12. The van der Waals surface area contributed by atoms with Gasteiger partial charge in [0.1, 0.15) is 19.9 Å². The largest absolute Gasteiger partial charge is 0.461 e. The number of carbonyl (C=O) groups is 1. The number of isocyanates is 1. The Morgan fingerprint density at radius 1 is 1.41 bits per heavy atom. The first-order chi connectivity index (χ1) is 10.8. The number of hydrogen-bond donors (Lipinski definition) is 1. The van der Waals surface area contributed by atoms with Crippen molar-refractivity contribution in [1.82, 2.24) is 10.5 Å². The fraction of sp³-hybridized carbons (Fsp3) is 0.333. The molecule has 0 heterocycles. The van der Waals surface area contributed by atoms with E-state index in [1.165, 1.54) is 12.2 Å². The van der Waals surface area contributed by atoms with Crippen LogP contribution < -0.4 is 5.32 Å². The minimum absolute atomic E-state index is 0.150. The molecule has 1 aromatic rings. The highest BCUT2D eigenvalue weighted by Crippen LogP contribution is 2.02. The number of hydrogen-bond acceptors (Lipinski definition) is 7. The molecule has 1 aromatic carbocycles. The van der Waals surface area contributed by atoms with Gasteiger partial charge in [-0.05, 0) is 5.56 Å². The van der Waals surface area contributed by atoms with Crippen LogP contribution in [0.4, 0.5) is 0 Å². The zero-order valence-electron chi connectivity index (χ0n) is 12.2. The summed E-state index contributed by atoms with van der Waals surface area (Å²) in [7, 11) is 0. The van der Waals surface area contributed by atoms with Crippen molar-refractivity contribution in [3.05, 3.63) is 48.6 Å². The average molecular weight is 305 g/mol. The zero-order valence-corrected chi connectivity index (χ0v) is 12.2. The third kappa shape index (κ3) is 7.96. The zero-order chi connectivity index (χ0) is 16.0. The fourth-order valence-corrected chi connectivity index (χ4v) is 1.47. The minimum Gasteiger partial charge on any atom is -0.461 e. The van der Waals surface area contributed by atoms with Gasteiger partial charge in [0.05, 0.1) is 6.42 Å². The molecule has 0 spiro atoms. The number of nitrogens with zero attached hydrogens (tertiary/aromatic N) is 2. The van der Waals surface area contributed by atoms with Crippen LogP contribution in [-0.2, 0) is 25.8 Å². The van der Waals surface area contributed by atoms with Crippen LogP contribution in [0, 0.1) is 0 Å². The van der Waals surface area contributed by atoms with E-state index in [0.717, 1.165) is 10.7 Å². The maximum Gasteiger partial charge on any atom is 0.307 e. The fourth-order valence-electron chi connectivity index (χ4n) is 1.47. The number of nitrogens with one attached hydrogen (secondary N) is 1. The van der Waals surface area contributed by atoms with Crippen LogP contribution in [0.5, 0.6) is 0 Å². The highest BCUT2D eigenvalue weighted by molar-refractivity contribution is 5.69. The quantitative estimate of drug-likeness (QED) is 0.126. The highest BCUT2D eigenvalue weighted by Gasteiger charge is 2.04. The summed E-state index contributed by atoms with van der Waals surface area (Å²) in [5, 5.41) is 7.41. The second kappa shape index (κ2) is 11.2. The molecule has 0 radical (unpaired) electrons. The van der Waals surface area contributed by atoms with Crippen molar-refractivity contribution in [2.45, 2.75) is 13.0 Å². The molecular formula is C15H19N3O4. The van der Waals surface area contributed by atoms with Crippen molar-refractivity contribution < 1.29 is 19.2 Å². The summed E-state index contributed by atoms with van der Waals surface area (Å²) < 4.78 is 4.82. The lowest BCUT2D eigenvalue weighted by Crippen LogP contribution is -2.32. The molecule has 0 unspecified atom stereocenters. The van der Waals surface area contributed by atoms with Crippen LogP contribution in [0.1, 0.15) is 12.0 Å². The van der Waals surface area contributed by atoms with E-state index in [-0.39, 0.29) is 32.3 Å². The van der Waals surface area contributed by atoms with E-state index in [1.54, 1.807) is 0 Å². The Kier molecular flexibility index (Phi) is 8.96. The van der Waals surface area contributed by atoms with Crippen molar-refractivity contribution in [2.24, 2.45) is 5.10 Å². The predicted molar refractivity (Wildman–Crippen MR) is 79.8 cm³/mol. The Bertz CT molecular complexity index is 501. The Balaban J connectivity index is 2.25. The number of hydroxylamine groups is 1. The molecule has 0 aliphatic heterocycles. The van der Waals surface area contributed by atoms with Crippen molar-refractivity contribution in [3.8, 4) is 0 Å². The second-order valence-corrected chi connectivity index (χ2v) is 4.18. The first-order valence-electron chi connectivity index (χ1n) is 6.75. The van der Waals surface area contributed by atoms with Crippen molar-refractivity contribution >= 4 is 12.0 Å². The van der Waals surface area contributed by atoms with Gasteiger partial charge in [-0.15, -0.1) is 5.17 Å². The summed E-state index contributed by atoms with van der Waals surface area (Å²) >= 11 is 0. The summed E-state index contributed by atoms with van der Waals surface area (Å²) in [5.41, 5.74) is 0.946. The monoisotopic (exact) mass is 305 g/mol. The molecule has 0 fully saturated rings. The SMILES string of the molecule is C=CCOC(=O)CCNCN(N=C=O)OCc1ccccc1. The van der Waals surface area contributed by atoms with Gasteiger partial charge in [0, 0.05) is 6.54 Å². The molecule has 0 aliphatic rings. The van der Waals surface area contributed by atoms with Crippen molar-refractivity contribution in [1.29, 1.82) is 0 Å². The van der Waals surface area contributed by atoms with Gasteiger partial charge in [0.25, 0.3) is 6.08 Å². The molecule has 7 nitrogen and oxygen atoms in total. The van der Waals surface area contributed by atoms with Crippen molar-refractivity contribution in [3.63, 3.8) is 0 Å². The van der Waals surface area contributed by atoms with Crippen LogP contribution in [0.25, 0.3) is 0 Å². The number of esters is 1. The number of hydrazone groups is 1. The van der Waals surface area contributed by atoms with Crippen LogP contribution in [0.2, 0.25) is 0 Å². The second-order valence-electron chi connectivity index (χ2n) is 4.18. The van der Waals surface area contributed by atoms with Crippen molar-refractivity contribution in [2.75, 3.05) is 19.8 Å². The summed E-state index contributed by atoms with van der Waals surface area (Å²) in [4.78, 5) is 27.0. The van der Waals surface area contributed by atoms with E-state index in [2.05, 4.69) is 17.0 Å². The third-order valence-corrected chi connectivity index (χ3v) is 2.49. The predicted octanol–water partition coefficient (Wildman–Crippen LogP) is 1.34. The normalized spacial score (nSPS) is 9.64. The molecular weight excluding hydrogens is 286 g/mol. The lowest BCUT2D eigenvalue weighted by molar-refractivity contribution is -0.174. The number of ether oxygens (including phenoxy) is 1. The van der Waals surface area contributed by atoms with Crippen LogP contribution >= 0.6 is 0 Å². The summed E-state index contributed by atoms with van der Waals surface area (Å²) in [5.74, 6) is -0.331. The van der Waals surface area contributed by atoms with Crippen LogP contribution in [0.15, 0.2) is 48.1 Å². The Morgan fingerprint density at radius 2 is 2.18 bits per heavy atom. The lowest BCUT2D eigenvalue weighted by atomic mass is 10.2. The maximum absolute atomic E-state index is 11.2. The Hall–Kier alpha value is -2.47. The molecule has 22 heavy (non-hydrogen) atoms. The molecule has 0 bridgehead atoms. The number of rotatable bonds is 11. The first kappa shape index (κ1) is 17.6. The van der Waals surface area contributed by atoms with Crippen LogP contribution in [-0.4, -0.2) is 37.0 Å². The molecule has 0 amide bonds. The molecule has 7 heteroatoms. The molecule has 0 aromatic heterocycles. The maximum atomic E-state index is 11.2. The molecule has 118 valence electrons. The molecule has 0 saturated carbocycles. The minimum atomic E-state index is -0.331. The van der Waals surface area contributed by atoms with Gasteiger partial charge < -0.3 is 4.74 Å². The third-order valence-electron chi connectivity index (χ3n) is 2.49. The topological polar surface area (TPSA) is 80.2 Å². The van der Waals surface area contributed by atoms with Gasteiger partial charge in [-0.3, -0.25) is 10.1 Å². The summed E-state index contributed by atoms with van der Waals surface area (Å²) in [6.45, 7) is 4.44. The van der Waals surface area contributed by atoms with E-state index in [9.17, 15) is 9.59 Å². The van der Waals surface area contributed by atoms with E-state index in [4.69, 9.17) is 9.57 Å². The van der Waals surface area contributed by atoms with E-state index in [1.807, 2.05) is 30.3 Å². The van der Waals surface area contributed by atoms with E-state index < -0.39 is 0 Å². The first-order valence-corrected chi connectivity index (χ1v) is 6.75. The molecule has 0 aliphatic carbocycles. The van der Waals surface area contributed by atoms with E-state index in [0.29, 0.717) is 6.54 Å². The average Bonchev–Trinajstić information content (AvgIpc) is 2.55. The van der Waals surface area contributed by atoms with Gasteiger partial charge >= 0.3 is 5.97 Å². The lowest BCUT2D eigenvalue weighted by Gasteiger charge is -2.16. The standard InChI is InChI=1S/C15H19N3O4/c1-2-10-21-15(20)8-9-16-12-18(17-13-19)22-11-14-6-4-3-5-7-14/h2-7,16H,1,8-12H2. The Morgan fingerprint density at radius 3 is 2.86 bits per heavy atom. The van der Waals surface area contributed by atoms with Gasteiger partial charge in [-0.1, -0.05) is 48.1 Å². The molecule has 0 saturated heterocycles. The van der Waals surface area contributed by atoms with Crippen LogP contribution in [0.3, 0.4) is 0 Å². The molecule has 0 atom stereocenters. The number of carbonyl (C=O) groups excluding carboxylic acids is 2. The van der Waals surface area contributed by atoms with Gasteiger partial charge in [0.15, 0.2) is 0 Å². The smallest absolute Gasteiger partial charge is 0.307 e. The van der Waals surface area contributed by atoms with E-state index >= 15 is 0 Å². The van der Waals surface area contributed by atoms with Gasteiger partial charge in [-0.2, -0.15) is 0 Å². The Labute approximate surface area is 129 Å². The highest BCUT2D eigenvalue weighted by atomic mass is 16.7. The molecule has 1 N–H and O–H groups in total. The van der Waals surface area contributed by atoms with Gasteiger partial charge in [-0.25, -0.2) is 9.63 Å². The number of benzene rings is 1. The summed E-state index contributed by atoms with van der Waals surface area (Å²) in [6, 6.07) is 9.47. The molecule has 1 rings (SSSR count). The van der Waals surface area contributed by atoms with Gasteiger partial charge in [0.2, 0.25) is 0 Å².